The van der Waals surface area contributed by atoms with Crippen molar-refractivity contribution in [2.45, 2.75) is 52.1 Å². The minimum atomic E-state index is -1.16. The highest BCUT2D eigenvalue weighted by Gasteiger charge is 2.11. The summed E-state index contributed by atoms with van der Waals surface area (Å²) in [7, 11) is 0. The molecule has 0 bridgehead atoms. The van der Waals surface area contributed by atoms with Crippen LogP contribution in [0.3, 0.4) is 0 Å². The maximum atomic E-state index is 10.1. The van der Waals surface area contributed by atoms with Crippen LogP contribution in [0.1, 0.15) is 46.0 Å². The van der Waals surface area contributed by atoms with Gasteiger partial charge in [0.15, 0.2) is 6.10 Å². The van der Waals surface area contributed by atoms with Gasteiger partial charge in [-0.25, -0.2) is 4.79 Å². The summed E-state index contributed by atoms with van der Waals surface area (Å²) in [5.74, 6) is -1.11. The molecule has 0 heterocycles. The predicted molar refractivity (Wildman–Crippen MR) is 55.2 cm³/mol. The van der Waals surface area contributed by atoms with Gasteiger partial charge in [0.05, 0.1) is 0 Å². The predicted octanol–water partition coefficient (Wildman–Crippen LogP) is 1.40. The van der Waals surface area contributed by atoms with Crippen LogP contribution in [0.15, 0.2) is 0 Å². The van der Waals surface area contributed by atoms with E-state index in [2.05, 4.69) is 6.92 Å². The Labute approximate surface area is 85.6 Å². The fourth-order valence-electron chi connectivity index (χ4n) is 0.888. The van der Waals surface area contributed by atoms with Crippen molar-refractivity contribution < 1.29 is 20.1 Å². The van der Waals surface area contributed by atoms with Crippen LogP contribution < -0.4 is 0 Å². The monoisotopic (exact) mass is 206 g/mol. The van der Waals surface area contributed by atoms with Gasteiger partial charge in [-0.2, -0.15) is 0 Å². The van der Waals surface area contributed by atoms with E-state index in [0.717, 1.165) is 25.7 Å². The Morgan fingerprint density at radius 2 is 1.71 bits per heavy atom. The smallest absolute Gasteiger partial charge is 0.332 e. The van der Waals surface area contributed by atoms with E-state index in [4.69, 9.17) is 15.3 Å². The molecule has 0 spiro atoms. The molecule has 0 saturated heterocycles. The molecule has 0 saturated carbocycles. The maximum Gasteiger partial charge on any atom is 0.332 e. The number of unbranched alkanes of at least 4 members (excludes halogenated alkanes) is 3. The molecule has 3 N–H and O–H groups in total. The molecule has 0 aromatic carbocycles. The normalized spacial score (nSPS) is 11.4. The SMILES string of the molecule is CCCCCCC(O)C(=O)O.CCO. The summed E-state index contributed by atoms with van der Waals surface area (Å²) in [6.45, 7) is 4.02. The lowest BCUT2D eigenvalue weighted by atomic mass is 10.1. The molecule has 14 heavy (non-hydrogen) atoms. The fraction of sp³-hybridized carbons (Fsp3) is 0.900. The van der Waals surface area contributed by atoms with Gasteiger partial charge in [-0.1, -0.05) is 32.6 Å². The highest BCUT2D eigenvalue weighted by Crippen LogP contribution is 2.05. The zero-order valence-electron chi connectivity index (χ0n) is 9.07. The number of carbonyl (C=O) groups is 1. The molecule has 0 fully saturated rings. The third-order valence-electron chi connectivity index (χ3n) is 1.62. The van der Waals surface area contributed by atoms with Crippen molar-refractivity contribution in [1.29, 1.82) is 0 Å². The number of hydrogen-bond donors (Lipinski definition) is 3. The zero-order chi connectivity index (χ0) is 11.4. The van der Waals surface area contributed by atoms with E-state index < -0.39 is 12.1 Å². The van der Waals surface area contributed by atoms with Gasteiger partial charge in [-0.3, -0.25) is 0 Å². The first-order valence-corrected chi connectivity index (χ1v) is 5.11. The molecule has 0 aromatic rings. The molecule has 0 rings (SSSR count). The van der Waals surface area contributed by atoms with Gasteiger partial charge >= 0.3 is 5.97 Å². The number of aliphatic hydroxyl groups is 2. The molecule has 0 aliphatic rings. The number of hydrogen-bond acceptors (Lipinski definition) is 3. The van der Waals surface area contributed by atoms with Crippen molar-refractivity contribution >= 4 is 5.97 Å². The highest BCUT2D eigenvalue weighted by molar-refractivity contribution is 5.71. The molecular formula is C10H22O4. The summed E-state index contributed by atoms with van der Waals surface area (Å²) in [6.07, 6.45) is 3.29. The number of carboxylic acids is 1. The summed E-state index contributed by atoms with van der Waals surface area (Å²) >= 11 is 0. The maximum absolute atomic E-state index is 10.1. The molecule has 4 heteroatoms. The first-order valence-electron chi connectivity index (χ1n) is 5.11. The van der Waals surface area contributed by atoms with Crippen LogP contribution in [0.4, 0.5) is 0 Å². The number of carboxylic acid groups (broad SMARTS) is 1. The van der Waals surface area contributed by atoms with E-state index in [-0.39, 0.29) is 6.61 Å². The van der Waals surface area contributed by atoms with Gasteiger partial charge in [-0.15, -0.1) is 0 Å². The second kappa shape index (κ2) is 12.4. The third kappa shape index (κ3) is 13.9. The molecule has 1 atom stereocenters. The van der Waals surface area contributed by atoms with Crippen molar-refractivity contribution in [2.75, 3.05) is 6.61 Å². The molecule has 1 unspecified atom stereocenters. The summed E-state index contributed by atoms with van der Waals surface area (Å²) in [6, 6.07) is 0. The Kier molecular flexibility index (Phi) is 14.0. The Morgan fingerprint density at radius 3 is 2.07 bits per heavy atom. The van der Waals surface area contributed by atoms with Crippen LogP contribution in [0.2, 0.25) is 0 Å². The first-order chi connectivity index (χ1) is 6.59. The van der Waals surface area contributed by atoms with E-state index >= 15 is 0 Å². The van der Waals surface area contributed by atoms with Gasteiger partial charge in [0.1, 0.15) is 0 Å². The van der Waals surface area contributed by atoms with Gasteiger partial charge in [-0.05, 0) is 13.3 Å². The van der Waals surface area contributed by atoms with Crippen LogP contribution in [0.25, 0.3) is 0 Å². The van der Waals surface area contributed by atoms with E-state index in [1.807, 2.05) is 0 Å². The number of rotatable bonds is 6. The van der Waals surface area contributed by atoms with Crippen LogP contribution in [-0.2, 0) is 4.79 Å². The molecule has 0 amide bonds. The van der Waals surface area contributed by atoms with Crippen molar-refractivity contribution in [3.8, 4) is 0 Å². The number of aliphatic carboxylic acids is 1. The van der Waals surface area contributed by atoms with Crippen molar-refractivity contribution in [3.05, 3.63) is 0 Å². The molecule has 0 aromatic heterocycles. The Morgan fingerprint density at radius 1 is 1.21 bits per heavy atom. The summed E-state index contributed by atoms with van der Waals surface area (Å²) < 4.78 is 0. The minimum Gasteiger partial charge on any atom is -0.479 e. The van der Waals surface area contributed by atoms with E-state index in [1.54, 1.807) is 6.92 Å². The second-order valence-corrected chi connectivity index (χ2v) is 3.02. The summed E-state index contributed by atoms with van der Waals surface area (Å²) in [5.41, 5.74) is 0. The lowest BCUT2D eigenvalue weighted by molar-refractivity contribution is -0.146. The third-order valence-corrected chi connectivity index (χ3v) is 1.62. The van der Waals surface area contributed by atoms with Gasteiger partial charge in [0, 0.05) is 6.61 Å². The second-order valence-electron chi connectivity index (χ2n) is 3.02. The van der Waals surface area contributed by atoms with Crippen LogP contribution in [0, 0.1) is 0 Å². The van der Waals surface area contributed by atoms with Crippen molar-refractivity contribution in [1.82, 2.24) is 0 Å². The summed E-state index contributed by atoms with van der Waals surface area (Å²) in [5, 5.41) is 24.7. The van der Waals surface area contributed by atoms with Gasteiger partial charge in [0.25, 0.3) is 0 Å². The Balaban J connectivity index is 0. The van der Waals surface area contributed by atoms with Crippen LogP contribution in [0.5, 0.6) is 0 Å². The molecular weight excluding hydrogens is 184 g/mol. The highest BCUT2D eigenvalue weighted by atomic mass is 16.4. The molecule has 0 radical (unpaired) electrons. The average Bonchev–Trinajstić information content (AvgIpc) is 2.13. The van der Waals surface area contributed by atoms with Crippen LogP contribution in [-0.4, -0.2) is 34.0 Å². The Hall–Kier alpha value is -0.610. The quantitative estimate of drug-likeness (QED) is 0.574. The summed E-state index contributed by atoms with van der Waals surface area (Å²) in [4.78, 5) is 10.1. The lowest BCUT2D eigenvalue weighted by Gasteiger charge is -2.03. The van der Waals surface area contributed by atoms with Gasteiger partial charge in [0.2, 0.25) is 0 Å². The molecule has 0 aliphatic carbocycles. The first kappa shape index (κ1) is 15.8. The largest absolute Gasteiger partial charge is 0.479 e. The lowest BCUT2D eigenvalue weighted by Crippen LogP contribution is -2.18. The standard InChI is InChI=1S/C8H16O3.C2H6O/c1-2-3-4-5-6-7(9)8(10)11;1-2-3/h7,9H,2-6H2,1H3,(H,10,11);3H,2H2,1H3. The zero-order valence-corrected chi connectivity index (χ0v) is 9.07. The average molecular weight is 206 g/mol. The molecule has 4 nitrogen and oxygen atoms in total. The van der Waals surface area contributed by atoms with E-state index in [0.29, 0.717) is 6.42 Å². The van der Waals surface area contributed by atoms with Crippen molar-refractivity contribution in [3.63, 3.8) is 0 Å². The molecule has 0 aliphatic heterocycles. The van der Waals surface area contributed by atoms with E-state index in [1.165, 1.54) is 0 Å². The fourth-order valence-corrected chi connectivity index (χ4v) is 0.888. The Bertz CT molecular complexity index is 125. The topological polar surface area (TPSA) is 77.8 Å². The number of aliphatic hydroxyl groups excluding tert-OH is 2. The molecule has 86 valence electrons. The van der Waals surface area contributed by atoms with Gasteiger partial charge < -0.3 is 15.3 Å². The van der Waals surface area contributed by atoms with E-state index in [9.17, 15) is 4.79 Å². The minimum absolute atomic E-state index is 0.250. The van der Waals surface area contributed by atoms with Crippen molar-refractivity contribution in [2.24, 2.45) is 0 Å². The van der Waals surface area contributed by atoms with Crippen LogP contribution >= 0.6 is 0 Å².